The minimum absolute atomic E-state index is 0.213. The lowest BCUT2D eigenvalue weighted by Crippen LogP contribution is -2.39. The Labute approximate surface area is 211 Å². The predicted molar refractivity (Wildman–Crippen MR) is 138 cm³/mol. The molecule has 1 aliphatic heterocycles. The Morgan fingerprint density at radius 1 is 1.14 bits per heavy atom. The summed E-state index contributed by atoms with van der Waals surface area (Å²) in [5.74, 6) is 0.546. The van der Waals surface area contributed by atoms with Gasteiger partial charge in [0, 0.05) is 4.90 Å². The third-order valence-corrected chi connectivity index (χ3v) is 7.38. The van der Waals surface area contributed by atoms with Crippen LogP contribution in [0.15, 0.2) is 68.4 Å². The third kappa shape index (κ3) is 4.78. The fourth-order valence-electron chi connectivity index (χ4n) is 3.98. The summed E-state index contributed by atoms with van der Waals surface area (Å²) in [4.78, 5) is 33.0. The monoisotopic (exact) mass is 510 g/mol. The zero-order chi connectivity index (χ0) is 25.1. The van der Waals surface area contributed by atoms with Gasteiger partial charge in [-0.3, -0.25) is 9.36 Å². The molecule has 0 N–H and O–H groups in total. The number of hydrogen-bond donors (Lipinski definition) is 0. The van der Waals surface area contributed by atoms with Crippen LogP contribution < -0.4 is 24.4 Å². The Morgan fingerprint density at radius 3 is 2.49 bits per heavy atom. The molecule has 2 aromatic carbocycles. The van der Waals surface area contributed by atoms with Gasteiger partial charge >= 0.3 is 5.97 Å². The summed E-state index contributed by atoms with van der Waals surface area (Å²) in [6.45, 7) is 3.72. The largest absolute Gasteiger partial charge is 0.493 e. The molecule has 182 valence electrons. The number of allylic oxidation sites excluding steroid dienone is 1. The molecule has 0 unspecified atom stereocenters. The second kappa shape index (κ2) is 10.5. The summed E-state index contributed by atoms with van der Waals surface area (Å²) in [5, 5.41) is 0. The normalized spacial score (nSPS) is 15.5. The highest BCUT2D eigenvalue weighted by Crippen LogP contribution is 2.36. The van der Waals surface area contributed by atoms with E-state index in [1.165, 1.54) is 11.3 Å². The number of ether oxygens (including phenoxy) is 3. The number of rotatable bonds is 7. The maximum Gasteiger partial charge on any atom is 0.338 e. The molecule has 1 aliphatic rings. The Kier molecular flexibility index (Phi) is 7.47. The molecule has 9 heteroatoms. The van der Waals surface area contributed by atoms with Gasteiger partial charge in [0.25, 0.3) is 5.56 Å². The fourth-order valence-corrected chi connectivity index (χ4v) is 5.44. The van der Waals surface area contributed by atoms with Crippen LogP contribution in [-0.2, 0) is 9.53 Å². The smallest absolute Gasteiger partial charge is 0.338 e. The minimum atomic E-state index is -0.717. The summed E-state index contributed by atoms with van der Waals surface area (Å²) >= 11 is 2.95. The summed E-state index contributed by atoms with van der Waals surface area (Å²) in [6.07, 6.45) is 3.87. The van der Waals surface area contributed by atoms with E-state index < -0.39 is 12.0 Å². The number of aromatic nitrogens is 1. The van der Waals surface area contributed by atoms with E-state index in [1.54, 1.807) is 56.5 Å². The molecule has 0 spiro atoms. The number of carbonyl (C=O) groups is 1. The van der Waals surface area contributed by atoms with Crippen LogP contribution in [0.3, 0.4) is 0 Å². The Morgan fingerprint density at radius 2 is 1.86 bits per heavy atom. The molecule has 0 saturated carbocycles. The van der Waals surface area contributed by atoms with Crippen molar-refractivity contribution >= 4 is 35.1 Å². The summed E-state index contributed by atoms with van der Waals surface area (Å²) in [6, 6.07) is 12.6. The van der Waals surface area contributed by atoms with Gasteiger partial charge in [-0.15, -0.1) is 11.8 Å². The number of nitrogens with zero attached hydrogens (tertiary/aromatic N) is 2. The van der Waals surface area contributed by atoms with Crippen molar-refractivity contribution in [2.24, 2.45) is 4.99 Å². The van der Waals surface area contributed by atoms with Crippen LogP contribution in [-0.4, -0.2) is 37.6 Å². The van der Waals surface area contributed by atoms with Crippen molar-refractivity contribution in [3.8, 4) is 11.5 Å². The van der Waals surface area contributed by atoms with Crippen LogP contribution in [0.2, 0.25) is 0 Å². The topological polar surface area (TPSA) is 79.1 Å². The highest BCUT2D eigenvalue weighted by atomic mass is 32.2. The molecule has 2 heterocycles. The van der Waals surface area contributed by atoms with Gasteiger partial charge in [0.15, 0.2) is 16.3 Å². The number of thioether (sulfide) groups is 1. The number of carbonyl (C=O) groups excluding carboxylic acids is 1. The van der Waals surface area contributed by atoms with E-state index >= 15 is 0 Å². The van der Waals surface area contributed by atoms with Crippen molar-refractivity contribution in [1.82, 2.24) is 4.57 Å². The van der Waals surface area contributed by atoms with E-state index in [9.17, 15) is 9.59 Å². The highest BCUT2D eigenvalue weighted by molar-refractivity contribution is 7.98. The van der Waals surface area contributed by atoms with Gasteiger partial charge < -0.3 is 14.2 Å². The van der Waals surface area contributed by atoms with Gasteiger partial charge in [-0.05, 0) is 61.6 Å². The Hall–Kier alpha value is -3.30. The van der Waals surface area contributed by atoms with Crippen molar-refractivity contribution in [2.75, 3.05) is 27.1 Å². The van der Waals surface area contributed by atoms with E-state index in [2.05, 4.69) is 4.99 Å². The molecule has 0 amide bonds. The molecule has 3 aromatic rings. The zero-order valence-electron chi connectivity index (χ0n) is 20.2. The molecule has 35 heavy (non-hydrogen) atoms. The maximum absolute atomic E-state index is 13.7. The van der Waals surface area contributed by atoms with Crippen molar-refractivity contribution in [1.29, 1.82) is 0 Å². The van der Waals surface area contributed by atoms with E-state index in [1.807, 2.05) is 42.7 Å². The molecular formula is C26H26N2O5S2. The first-order valence-corrected chi connectivity index (χ1v) is 13.0. The van der Waals surface area contributed by atoms with E-state index in [-0.39, 0.29) is 12.2 Å². The zero-order valence-corrected chi connectivity index (χ0v) is 21.8. The minimum Gasteiger partial charge on any atom is -0.493 e. The van der Waals surface area contributed by atoms with Gasteiger partial charge in [0.1, 0.15) is 0 Å². The molecule has 1 aromatic heterocycles. The van der Waals surface area contributed by atoms with Crippen molar-refractivity contribution in [2.45, 2.75) is 24.8 Å². The van der Waals surface area contributed by atoms with Crippen molar-refractivity contribution < 1.29 is 19.0 Å². The average Bonchev–Trinajstić information content (AvgIpc) is 3.17. The highest BCUT2D eigenvalue weighted by Gasteiger charge is 2.33. The van der Waals surface area contributed by atoms with Gasteiger partial charge in [-0.25, -0.2) is 9.79 Å². The number of hydrogen-bond acceptors (Lipinski definition) is 8. The van der Waals surface area contributed by atoms with Crippen LogP contribution in [0.25, 0.3) is 6.08 Å². The molecule has 0 bridgehead atoms. The second-order valence-corrected chi connectivity index (χ2v) is 9.58. The molecule has 0 saturated heterocycles. The van der Waals surface area contributed by atoms with Crippen molar-refractivity contribution in [3.05, 3.63) is 84.5 Å². The van der Waals surface area contributed by atoms with Gasteiger partial charge in [-0.2, -0.15) is 0 Å². The van der Waals surface area contributed by atoms with Gasteiger partial charge in [-0.1, -0.05) is 29.5 Å². The molecular weight excluding hydrogens is 484 g/mol. The second-order valence-electron chi connectivity index (χ2n) is 7.69. The summed E-state index contributed by atoms with van der Waals surface area (Å²) in [5.41, 5.74) is 2.22. The van der Waals surface area contributed by atoms with E-state index in [0.29, 0.717) is 37.7 Å². The van der Waals surface area contributed by atoms with Crippen LogP contribution >= 0.6 is 23.1 Å². The average molecular weight is 511 g/mol. The van der Waals surface area contributed by atoms with Crippen LogP contribution in [0.5, 0.6) is 11.5 Å². The lowest BCUT2D eigenvalue weighted by Gasteiger charge is -2.25. The first-order valence-electron chi connectivity index (χ1n) is 11.0. The fraction of sp³-hybridized carbons (Fsp3) is 0.269. The quantitative estimate of drug-likeness (QED) is 0.357. The SMILES string of the molecule is CCOC(=O)C1=C(C)N=c2s/c(=C/c3ccc(SC)cc3)c(=O)n2[C@H]1c1ccc(OC)c(OC)c1. The lowest BCUT2D eigenvalue weighted by molar-refractivity contribution is -0.139. The number of methoxy groups -OCH3 is 2. The van der Waals surface area contributed by atoms with E-state index in [4.69, 9.17) is 14.2 Å². The molecule has 1 atom stereocenters. The predicted octanol–water partition coefficient (Wildman–Crippen LogP) is 3.54. The lowest BCUT2D eigenvalue weighted by atomic mass is 9.95. The molecule has 4 rings (SSSR count). The van der Waals surface area contributed by atoms with Crippen LogP contribution in [0, 0.1) is 0 Å². The van der Waals surface area contributed by atoms with Gasteiger partial charge in [0.2, 0.25) is 0 Å². The van der Waals surface area contributed by atoms with Gasteiger partial charge in [0.05, 0.1) is 42.7 Å². The summed E-state index contributed by atoms with van der Waals surface area (Å²) in [7, 11) is 3.10. The number of esters is 1. The maximum atomic E-state index is 13.7. The summed E-state index contributed by atoms with van der Waals surface area (Å²) < 4.78 is 18.3. The number of fused-ring (bicyclic) bond motifs is 1. The van der Waals surface area contributed by atoms with Crippen LogP contribution in [0.1, 0.15) is 31.0 Å². The molecule has 0 fully saturated rings. The Bertz CT molecular complexity index is 1470. The molecule has 0 radical (unpaired) electrons. The first kappa shape index (κ1) is 24.8. The standard InChI is InChI=1S/C26H26N2O5S2/c1-6-33-25(30)22-15(2)27-26-28(23(22)17-9-12-19(31-3)20(14-17)32-4)24(29)21(35-26)13-16-7-10-18(34-5)11-8-16/h7-14,23H,6H2,1-5H3/b21-13+/t23-/m0/s1. The third-order valence-electron chi connectivity index (χ3n) is 5.65. The molecule has 0 aliphatic carbocycles. The number of thiazole rings is 1. The van der Waals surface area contributed by atoms with Crippen molar-refractivity contribution in [3.63, 3.8) is 0 Å². The Balaban J connectivity index is 1.94. The van der Waals surface area contributed by atoms with Crippen LogP contribution in [0.4, 0.5) is 0 Å². The molecule has 7 nitrogen and oxygen atoms in total. The first-order chi connectivity index (χ1) is 16.9. The number of benzene rings is 2. The van der Waals surface area contributed by atoms with E-state index in [0.717, 1.165) is 10.5 Å².